The average molecular weight is 379 g/mol. The maximum absolute atomic E-state index is 12.5. The number of carbonyl (C=O) groups excluding carboxylic acids is 1. The number of ether oxygens (including phenoxy) is 1. The number of thiophene rings is 2. The highest BCUT2D eigenvalue weighted by atomic mass is 32.1. The van der Waals surface area contributed by atoms with Crippen LogP contribution in [0.3, 0.4) is 0 Å². The summed E-state index contributed by atoms with van der Waals surface area (Å²) >= 11 is 3.41. The zero-order valence-corrected chi connectivity index (χ0v) is 17.1. The molecule has 0 saturated heterocycles. The number of fused-ring (bicyclic) bond motifs is 1. The Labute approximate surface area is 159 Å². The second kappa shape index (κ2) is 9.18. The van der Waals surface area contributed by atoms with Gasteiger partial charge in [0.2, 0.25) is 0 Å². The Balaban J connectivity index is 1.48. The van der Waals surface area contributed by atoms with E-state index in [1.807, 2.05) is 17.4 Å². The monoisotopic (exact) mass is 378 g/mol. The van der Waals surface area contributed by atoms with Crippen molar-refractivity contribution < 1.29 is 9.53 Å². The molecule has 0 amide bonds. The molecule has 2 aromatic heterocycles. The Morgan fingerprint density at radius 2 is 1.80 bits per heavy atom. The molecular formula is C21H30O2S2. The highest BCUT2D eigenvalue weighted by Crippen LogP contribution is 2.35. The van der Waals surface area contributed by atoms with Crippen LogP contribution in [0.2, 0.25) is 0 Å². The predicted molar refractivity (Wildman–Crippen MR) is 109 cm³/mol. The lowest BCUT2D eigenvalue weighted by Gasteiger charge is -2.28. The summed E-state index contributed by atoms with van der Waals surface area (Å²) in [5.41, 5.74) is 0. The van der Waals surface area contributed by atoms with E-state index in [4.69, 9.17) is 4.74 Å². The van der Waals surface area contributed by atoms with Crippen molar-refractivity contribution in [3.63, 3.8) is 0 Å². The third-order valence-electron chi connectivity index (χ3n) is 5.24. The number of rotatable bonds is 8. The second-order valence-corrected chi connectivity index (χ2v) is 9.60. The van der Waals surface area contributed by atoms with Gasteiger partial charge in [-0.25, -0.2) is 4.79 Å². The minimum absolute atomic E-state index is 0.111. The molecule has 0 unspecified atom stereocenters. The molecule has 3 rings (SSSR count). The zero-order valence-electron chi connectivity index (χ0n) is 15.5. The SMILES string of the molecule is CCCCC[C@H]1CC[C@H](OC(=O)c2cc3sc(CCC)cc3s2)CC1. The van der Waals surface area contributed by atoms with Gasteiger partial charge in [-0.05, 0) is 50.2 Å². The van der Waals surface area contributed by atoms with Gasteiger partial charge in [-0.1, -0.05) is 46.0 Å². The van der Waals surface area contributed by atoms with E-state index < -0.39 is 0 Å². The second-order valence-electron chi connectivity index (χ2n) is 7.35. The molecule has 2 heterocycles. The summed E-state index contributed by atoms with van der Waals surface area (Å²) in [4.78, 5) is 14.7. The zero-order chi connectivity index (χ0) is 17.6. The molecule has 138 valence electrons. The van der Waals surface area contributed by atoms with E-state index in [-0.39, 0.29) is 12.1 Å². The van der Waals surface area contributed by atoms with Crippen molar-refractivity contribution >= 4 is 38.0 Å². The number of esters is 1. The number of hydrogen-bond acceptors (Lipinski definition) is 4. The molecule has 0 N–H and O–H groups in total. The van der Waals surface area contributed by atoms with Gasteiger partial charge in [-0.15, -0.1) is 22.7 Å². The largest absolute Gasteiger partial charge is 0.458 e. The van der Waals surface area contributed by atoms with Crippen LogP contribution in [-0.4, -0.2) is 12.1 Å². The first-order chi connectivity index (χ1) is 12.2. The third-order valence-corrected chi connectivity index (χ3v) is 7.57. The van der Waals surface area contributed by atoms with Crippen LogP contribution in [0.5, 0.6) is 0 Å². The molecule has 0 radical (unpaired) electrons. The maximum Gasteiger partial charge on any atom is 0.348 e. The maximum atomic E-state index is 12.5. The van der Waals surface area contributed by atoms with Gasteiger partial charge in [0, 0.05) is 14.3 Å². The lowest BCUT2D eigenvalue weighted by atomic mass is 9.84. The van der Waals surface area contributed by atoms with Crippen molar-refractivity contribution in [1.29, 1.82) is 0 Å². The Hall–Kier alpha value is -0.870. The van der Waals surface area contributed by atoms with Crippen LogP contribution in [0.15, 0.2) is 12.1 Å². The van der Waals surface area contributed by atoms with Gasteiger partial charge in [0.25, 0.3) is 0 Å². The van der Waals surface area contributed by atoms with Gasteiger partial charge >= 0.3 is 5.97 Å². The number of aryl methyl sites for hydroxylation is 1. The van der Waals surface area contributed by atoms with E-state index in [2.05, 4.69) is 19.9 Å². The van der Waals surface area contributed by atoms with Crippen molar-refractivity contribution in [2.24, 2.45) is 5.92 Å². The Morgan fingerprint density at radius 1 is 1.04 bits per heavy atom. The fraction of sp³-hybridized carbons (Fsp3) is 0.667. The summed E-state index contributed by atoms with van der Waals surface area (Å²) in [6.07, 6.45) is 12.3. The number of hydrogen-bond donors (Lipinski definition) is 0. The molecule has 2 nitrogen and oxygen atoms in total. The highest BCUT2D eigenvalue weighted by molar-refractivity contribution is 7.28. The summed E-state index contributed by atoms with van der Waals surface area (Å²) in [5, 5.41) is 0. The van der Waals surface area contributed by atoms with E-state index >= 15 is 0 Å². The highest BCUT2D eigenvalue weighted by Gasteiger charge is 2.25. The number of carbonyl (C=O) groups is 1. The molecule has 0 aliphatic heterocycles. The van der Waals surface area contributed by atoms with Gasteiger partial charge in [-0.2, -0.15) is 0 Å². The van der Waals surface area contributed by atoms with Gasteiger partial charge in [0.15, 0.2) is 0 Å². The van der Waals surface area contributed by atoms with Crippen molar-refractivity contribution in [3.8, 4) is 0 Å². The molecule has 1 aliphatic rings. The molecule has 25 heavy (non-hydrogen) atoms. The van der Waals surface area contributed by atoms with E-state index in [1.54, 1.807) is 11.3 Å². The van der Waals surface area contributed by atoms with E-state index in [0.717, 1.165) is 30.1 Å². The van der Waals surface area contributed by atoms with Gasteiger partial charge < -0.3 is 4.74 Å². The Bertz CT molecular complexity index is 646. The standard InChI is InChI=1S/C21H30O2S2/c1-3-5-6-8-15-9-11-16(12-10-15)23-21(22)20-14-19-18(25-20)13-17(24-19)7-4-2/h13-16H,3-12H2,1-2H3/t15-,16-. The number of unbranched alkanes of at least 4 members (excludes halogenated alkanes) is 2. The van der Waals surface area contributed by atoms with Crippen molar-refractivity contribution in [3.05, 3.63) is 21.9 Å². The van der Waals surface area contributed by atoms with E-state index in [0.29, 0.717) is 0 Å². The molecule has 4 heteroatoms. The van der Waals surface area contributed by atoms with Gasteiger partial charge in [0.05, 0.1) is 0 Å². The van der Waals surface area contributed by atoms with Crippen LogP contribution in [0.25, 0.3) is 9.40 Å². The van der Waals surface area contributed by atoms with Crippen LogP contribution in [0.1, 0.15) is 86.2 Å². The van der Waals surface area contributed by atoms with Gasteiger partial charge in [0.1, 0.15) is 11.0 Å². The third kappa shape index (κ3) is 5.07. The van der Waals surface area contributed by atoms with Crippen molar-refractivity contribution in [2.75, 3.05) is 0 Å². The summed E-state index contributed by atoms with van der Waals surface area (Å²) in [5.74, 6) is 0.741. The van der Waals surface area contributed by atoms with Crippen LogP contribution >= 0.6 is 22.7 Å². The molecule has 0 aromatic carbocycles. The molecule has 2 aromatic rings. The Morgan fingerprint density at radius 3 is 2.48 bits per heavy atom. The van der Waals surface area contributed by atoms with Crippen molar-refractivity contribution in [2.45, 2.75) is 84.2 Å². The molecule has 0 bridgehead atoms. The quantitative estimate of drug-likeness (QED) is 0.358. The fourth-order valence-corrected chi connectivity index (χ4v) is 6.19. The van der Waals surface area contributed by atoms with Gasteiger partial charge in [-0.3, -0.25) is 0 Å². The van der Waals surface area contributed by atoms with Crippen LogP contribution in [-0.2, 0) is 11.2 Å². The summed E-state index contributed by atoms with van der Waals surface area (Å²) in [7, 11) is 0. The average Bonchev–Trinajstić information content (AvgIpc) is 3.15. The van der Waals surface area contributed by atoms with Crippen LogP contribution < -0.4 is 0 Å². The lowest BCUT2D eigenvalue weighted by molar-refractivity contribution is 0.0166. The fourth-order valence-electron chi connectivity index (χ4n) is 3.79. The molecular weight excluding hydrogens is 348 g/mol. The predicted octanol–water partition coefficient (Wildman–Crippen LogP) is 7.21. The molecule has 1 fully saturated rings. The molecule has 0 spiro atoms. The molecule has 1 saturated carbocycles. The molecule has 1 aliphatic carbocycles. The summed E-state index contributed by atoms with van der Waals surface area (Å²) in [6.45, 7) is 4.46. The normalized spacial score (nSPS) is 20.9. The lowest BCUT2D eigenvalue weighted by Crippen LogP contribution is -2.24. The first-order valence-electron chi connectivity index (χ1n) is 9.92. The van der Waals surface area contributed by atoms with Crippen LogP contribution in [0, 0.1) is 5.92 Å². The van der Waals surface area contributed by atoms with E-state index in [1.165, 1.54) is 59.2 Å². The van der Waals surface area contributed by atoms with Crippen molar-refractivity contribution in [1.82, 2.24) is 0 Å². The molecule has 0 atom stereocenters. The minimum atomic E-state index is -0.111. The first-order valence-corrected chi connectivity index (χ1v) is 11.6. The van der Waals surface area contributed by atoms with E-state index in [9.17, 15) is 4.79 Å². The Kier molecular flexibility index (Phi) is 6.94. The smallest absolute Gasteiger partial charge is 0.348 e. The summed E-state index contributed by atoms with van der Waals surface area (Å²) < 4.78 is 8.28. The first kappa shape index (κ1) is 18.9. The topological polar surface area (TPSA) is 26.3 Å². The minimum Gasteiger partial charge on any atom is -0.458 e. The summed E-state index contributed by atoms with van der Waals surface area (Å²) in [6, 6.07) is 4.27. The van der Waals surface area contributed by atoms with Crippen LogP contribution in [0.4, 0.5) is 0 Å².